The molecule has 7 nitrogen and oxygen atoms in total. The average molecular weight is 489 g/mol. The standard InChI is InChI=1S/C21H21BrN4O3S/c1-2-3-4-7-12-26-20(27)14-8-5-6-9-15(14)23-21(26)30-13-18-24-25-19(29-18)16-10-11-17(22)28-16/h5-6,8-11H,2-4,7,12-13H2,1H3. The predicted molar refractivity (Wildman–Crippen MR) is 119 cm³/mol. The Labute approximate surface area is 186 Å². The Morgan fingerprint density at radius 3 is 2.73 bits per heavy atom. The van der Waals surface area contributed by atoms with Gasteiger partial charge in [-0.05, 0) is 46.6 Å². The SMILES string of the molecule is CCCCCCn1c(SCc2nnc(-c3ccc(Br)o3)o2)nc2ccccc2c1=O. The number of aromatic nitrogens is 4. The Bertz CT molecular complexity index is 1200. The fraction of sp³-hybridized carbons (Fsp3) is 0.333. The molecule has 0 saturated carbocycles. The number of hydrogen-bond acceptors (Lipinski definition) is 7. The van der Waals surface area contributed by atoms with Crippen molar-refractivity contribution in [1.29, 1.82) is 0 Å². The van der Waals surface area contributed by atoms with Gasteiger partial charge < -0.3 is 8.83 Å². The second kappa shape index (κ2) is 9.61. The minimum Gasteiger partial charge on any atom is -0.444 e. The monoisotopic (exact) mass is 488 g/mol. The quantitative estimate of drug-likeness (QED) is 0.170. The number of unbranched alkanes of at least 4 members (excludes halogenated alkanes) is 3. The molecule has 0 spiro atoms. The Balaban J connectivity index is 1.56. The van der Waals surface area contributed by atoms with Crippen LogP contribution in [0.4, 0.5) is 0 Å². The van der Waals surface area contributed by atoms with Crippen LogP contribution in [0, 0.1) is 0 Å². The first-order valence-electron chi connectivity index (χ1n) is 9.86. The van der Waals surface area contributed by atoms with Gasteiger partial charge in [-0.1, -0.05) is 50.1 Å². The molecule has 0 atom stereocenters. The maximum absolute atomic E-state index is 13.1. The number of nitrogens with zero attached hydrogens (tertiary/aromatic N) is 4. The van der Waals surface area contributed by atoms with E-state index in [4.69, 9.17) is 13.8 Å². The maximum Gasteiger partial charge on any atom is 0.283 e. The first-order chi connectivity index (χ1) is 14.7. The van der Waals surface area contributed by atoms with Crippen molar-refractivity contribution >= 4 is 38.6 Å². The van der Waals surface area contributed by atoms with Crippen molar-refractivity contribution in [1.82, 2.24) is 19.7 Å². The van der Waals surface area contributed by atoms with Crippen LogP contribution in [0.3, 0.4) is 0 Å². The van der Waals surface area contributed by atoms with E-state index in [0.29, 0.717) is 50.6 Å². The molecule has 30 heavy (non-hydrogen) atoms. The predicted octanol–water partition coefficient (Wildman–Crippen LogP) is 5.67. The third-order valence-corrected chi connectivity index (χ3v) is 6.02. The topological polar surface area (TPSA) is 86.9 Å². The Morgan fingerprint density at radius 2 is 1.93 bits per heavy atom. The smallest absolute Gasteiger partial charge is 0.283 e. The summed E-state index contributed by atoms with van der Waals surface area (Å²) in [7, 11) is 0. The molecule has 0 amide bonds. The molecule has 4 aromatic rings. The van der Waals surface area contributed by atoms with Crippen molar-refractivity contribution in [3.8, 4) is 11.7 Å². The number of fused-ring (bicyclic) bond motifs is 1. The molecule has 3 aromatic heterocycles. The minimum atomic E-state index is -0.00810. The molecule has 0 saturated heterocycles. The molecule has 0 aliphatic carbocycles. The zero-order valence-electron chi connectivity index (χ0n) is 16.5. The Kier molecular flexibility index (Phi) is 6.69. The molecule has 0 aliphatic rings. The van der Waals surface area contributed by atoms with E-state index in [1.165, 1.54) is 11.8 Å². The summed E-state index contributed by atoms with van der Waals surface area (Å²) in [6.07, 6.45) is 4.34. The molecule has 0 unspecified atom stereocenters. The van der Waals surface area contributed by atoms with Gasteiger partial charge in [0.2, 0.25) is 5.89 Å². The molecule has 0 aliphatic heterocycles. The number of hydrogen-bond donors (Lipinski definition) is 0. The first-order valence-corrected chi connectivity index (χ1v) is 11.6. The summed E-state index contributed by atoms with van der Waals surface area (Å²) in [5.41, 5.74) is 0.688. The Hall–Kier alpha value is -2.39. The van der Waals surface area contributed by atoms with Crippen LogP contribution in [0.2, 0.25) is 0 Å². The highest BCUT2D eigenvalue weighted by molar-refractivity contribution is 9.10. The largest absolute Gasteiger partial charge is 0.444 e. The van der Waals surface area contributed by atoms with Gasteiger partial charge in [0.1, 0.15) is 0 Å². The zero-order chi connectivity index (χ0) is 20.9. The van der Waals surface area contributed by atoms with Crippen molar-refractivity contribution in [2.24, 2.45) is 0 Å². The summed E-state index contributed by atoms with van der Waals surface area (Å²) in [4.78, 5) is 17.8. The van der Waals surface area contributed by atoms with Crippen LogP contribution in [0.1, 0.15) is 38.5 Å². The van der Waals surface area contributed by atoms with Crippen LogP contribution in [0.15, 0.2) is 59.9 Å². The first kappa shape index (κ1) is 20.9. The second-order valence-corrected chi connectivity index (χ2v) is 8.55. The fourth-order valence-corrected chi connectivity index (χ4v) is 4.29. The average Bonchev–Trinajstić information content (AvgIpc) is 3.40. The van der Waals surface area contributed by atoms with Crippen LogP contribution in [-0.2, 0) is 12.3 Å². The number of thioether (sulfide) groups is 1. The van der Waals surface area contributed by atoms with Crippen molar-refractivity contribution in [2.45, 2.75) is 50.1 Å². The number of para-hydroxylation sites is 1. The highest BCUT2D eigenvalue weighted by atomic mass is 79.9. The van der Waals surface area contributed by atoms with E-state index in [1.54, 1.807) is 16.7 Å². The molecule has 1 aromatic carbocycles. The van der Waals surface area contributed by atoms with Crippen molar-refractivity contribution in [2.75, 3.05) is 0 Å². The van der Waals surface area contributed by atoms with E-state index in [0.717, 1.165) is 25.7 Å². The second-order valence-electron chi connectivity index (χ2n) is 6.82. The van der Waals surface area contributed by atoms with Gasteiger partial charge in [-0.3, -0.25) is 9.36 Å². The molecule has 156 valence electrons. The molecule has 0 bridgehead atoms. The minimum absolute atomic E-state index is 0.00810. The highest BCUT2D eigenvalue weighted by Crippen LogP contribution is 2.26. The van der Waals surface area contributed by atoms with E-state index >= 15 is 0 Å². The molecule has 3 heterocycles. The zero-order valence-corrected chi connectivity index (χ0v) is 18.9. The van der Waals surface area contributed by atoms with Crippen LogP contribution in [0.25, 0.3) is 22.6 Å². The molecule has 9 heteroatoms. The molecule has 0 radical (unpaired) electrons. The van der Waals surface area contributed by atoms with Crippen molar-refractivity contribution < 1.29 is 8.83 Å². The van der Waals surface area contributed by atoms with Gasteiger partial charge in [0.05, 0.1) is 16.7 Å². The van der Waals surface area contributed by atoms with Gasteiger partial charge in [0.25, 0.3) is 11.4 Å². The highest BCUT2D eigenvalue weighted by Gasteiger charge is 2.15. The molecular formula is C21H21BrN4O3S. The van der Waals surface area contributed by atoms with Crippen LogP contribution in [0.5, 0.6) is 0 Å². The molecule has 0 N–H and O–H groups in total. The number of furan rings is 1. The molecular weight excluding hydrogens is 468 g/mol. The van der Waals surface area contributed by atoms with Gasteiger partial charge in [-0.2, -0.15) is 0 Å². The number of benzene rings is 1. The summed E-state index contributed by atoms with van der Waals surface area (Å²) >= 11 is 4.68. The number of halogens is 1. The van der Waals surface area contributed by atoms with Gasteiger partial charge in [0, 0.05) is 6.54 Å². The lowest BCUT2D eigenvalue weighted by Gasteiger charge is -2.12. The van der Waals surface area contributed by atoms with E-state index in [9.17, 15) is 4.79 Å². The lowest BCUT2D eigenvalue weighted by atomic mass is 10.2. The third kappa shape index (κ3) is 4.67. The van der Waals surface area contributed by atoms with Crippen molar-refractivity contribution in [3.05, 3.63) is 57.3 Å². The van der Waals surface area contributed by atoms with E-state index in [2.05, 4.69) is 33.1 Å². The van der Waals surface area contributed by atoms with Crippen LogP contribution >= 0.6 is 27.7 Å². The lowest BCUT2D eigenvalue weighted by Crippen LogP contribution is -2.23. The molecule has 4 rings (SSSR count). The summed E-state index contributed by atoms with van der Waals surface area (Å²) in [5, 5.41) is 9.43. The summed E-state index contributed by atoms with van der Waals surface area (Å²) < 4.78 is 13.5. The third-order valence-electron chi connectivity index (χ3n) is 4.64. The summed E-state index contributed by atoms with van der Waals surface area (Å²) in [6.45, 7) is 2.82. The maximum atomic E-state index is 13.1. The van der Waals surface area contributed by atoms with Gasteiger partial charge in [0.15, 0.2) is 15.6 Å². The van der Waals surface area contributed by atoms with E-state index < -0.39 is 0 Å². The lowest BCUT2D eigenvalue weighted by molar-refractivity contribution is 0.485. The molecule has 0 fully saturated rings. The summed E-state index contributed by atoms with van der Waals surface area (Å²) in [6, 6.07) is 11.0. The van der Waals surface area contributed by atoms with Crippen LogP contribution < -0.4 is 5.56 Å². The van der Waals surface area contributed by atoms with Gasteiger partial charge in [-0.15, -0.1) is 10.2 Å². The normalized spacial score (nSPS) is 11.4. The van der Waals surface area contributed by atoms with Crippen molar-refractivity contribution in [3.63, 3.8) is 0 Å². The number of rotatable bonds is 9. The van der Waals surface area contributed by atoms with E-state index in [1.807, 2.05) is 24.3 Å². The summed E-state index contributed by atoms with van der Waals surface area (Å²) in [5.74, 6) is 1.68. The fourth-order valence-electron chi connectivity index (χ4n) is 3.12. The van der Waals surface area contributed by atoms with Gasteiger partial charge >= 0.3 is 0 Å². The Morgan fingerprint density at radius 1 is 1.07 bits per heavy atom. The van der Waals surface area contributed by atoms with Crippen LogP contribution in [-0.4, -0.2) is 19.7 Å². The van der Waals surface area contributed by atoms with E-state index in [-0.39, 0.29) is 5.56 Å². The van der Waals surface area contributed by atoms with Gasteiger partial charge in [-0.25, -0.2) is 4.98 Å².